The highest BCUT2D eigenvalue weighted by Gasteiger charge is 2.25. The van der Waals surface area contributed by atoms with Crippen molar-refractivity contribution in [2.75, 3.05) is 0 Å². The zero-order valence-electron chi connectivity index (χ0n) is 19.7. The number of carbonyl (C=O) groups excluding carboxylic acids is 2. The Bertz CT molecular complexity index is 1260. The minimum absolute atomic E-state index is 0.0979. The lowest BCUT2D eigenvalue weighted by atomic mass is 10.0. The summed E-state index contributed by atoms with van der Waals surface area (Å²) >= 11 is 0. The molecule has 0 saturated heterocycles. The summed E-state index contributed by atoms with van der Waals surface area (Å²) in [7, 11) is 0. The van der Waals surface area contributed by atoms with Crippen LogP contribution in [-0.4, -0.2) is 29.0 Å². The van der Waals surface area contributed by atoms with Crippen LogP contribution in [0, 0.1) is 21.8 Å². The molecule has 36 heavy (non-hydrogen) atoms. The predicted molar refractivity (Wildman–Crippen MR) is 132 cm³/mol. The number of halogens is 1. The van der Waals surface area contributed by atoms with Crippen molar-refractivity contribution in [3.05, 3.63) is 105 Å². The van der Waals surface area contributed by atoms with E-state index in [0.717, 1.165) is 11.6 Å². The van der Waals surface area contributed by atoms with E-state index in [9.17, 15) is 24.1 Å². The molecular formula is C26H25FN4O5. The van der Waals surface area contributed by atoms with Crippen molar-refractivity contribution in [3.63, 3.8) is 0 Å². The maximum absolute atomic E-state index is 13.9. The average Bonchev–Trinajstić information content (AvgIpc) is 2.86. The molecule has 0 radical (unpaired) electrons. The van der Waals surface area contributed by atoms with E-state index < -0.39 is 28.6 Å². The zero-order chi connectivity index (χ0) is 26.1. The Hall–Kier alpha value is -4.60. The van der Waals surface area contributed by atoms with Gasteiger partial charge in [0, 0.05) is 11.6 Å². The van der Waals surface area contributed by atoms with Gasteiger partial charge in [0.1, 0.15) is 18.5 Å². The quantitative estimate of drug-likeness (QED) is 0.249. The van der Waals surface area contributed by atoms with Crippen molar-refractivity contribution in [2.45, 2.75) is 26.5 Å². The number of hydrogen-bond donors (Lipinski definition) is 2. The Kier molecular flexibility index (Phi) is 8.82. The van der Waals surface area contributed by atoms with E-state index in [1.165, 1.54) is 36.5 Å². The van der Waals surface area contributed by atoms with Gasteiger partial charge in [0.15, 0.2) is 5.75 Å². The Labute approximate surface area is 207 Å². The SMILES string of the molecule is CC(C)C(NC(=O)c1ccccc1F)C(=O)NN=Cc1ccc(OCc2ccccc2)c([N+](=O)[O-])c1. The molecular weight excluding hydrogens is 467 g/mol. The number of ether oxygens (including phenoxy) is 1. The standard InChI is InChI=1S/C26H25FN4O5/c1-17(2)24(29-25(32)20-10-6-7-11-21(20)27)26(33)30-28-15-19-12-13-23(22(14-19)31(34)35)36-16-18-8-4-3-5-9-18/h3-15,17,24H,16H2,1-2H3,(H,29,32)(H,30,33). The number of rotatable bonds is 10. The first-order chi connectivity index (χ1) is 17.3. The van der Waals surface area contributed by atoms with E-state index in [0.29, 0.717) is 5.56 Å². The van der Waals surface area contributed by atoms with Gasteiger partial charge in [-0.2, -0.15) is 5.10 Å². The molecule has 0 saturated carbocycles. The minimum atomic E-state index is -0.989. The molecule has 0 aliphatic carbocycles. The van der Waals surface area contributed by atoms with Crippen molar-refractivity contribution in [1.82, 2.24) is 10.7 Å². The van der Waals surface area contributed by atoms with Crippen LogP contribution in [0.25, 0.3) is 0 Å². The summed E-state index contributed by atoms with van der Waals surface area (Å²) in [4.78, 5) is 36.0. The summed E-state index contributed by atoms with van der Waals surface area (Å²) in [5.41, 5.74) is 3.10. The average molecular weight is 493 g/mol. The molecule has 0 aliphatic heterocycles. The number of carbonyl (C=O) groups is 2. The molecule has 9 nitrogen and oxygen atoms in total. The maximum atomic E-state index is 13.9. The van der Waals surface area contributed by atoms with Crippen LogP contribution >= 0.6 is 0 Å². The normalized spacial score (nSPS) is 11.8. The molecule has 3 rings (SSSR count). The van der Waals surface area contributed by atoms with Gasteiger partial charge < -0.3 is 10.1 Å². The minimum Gasteiger partial charge on any atom is -0.482 e. The third-order valence-corrected chi connectivity index (χ3v) is 5.16. The monoisotopic (exact) mass is 492 g/mol. The lowest BCUT2D eigenvalue weighted by Gasteiger charge is -2.20. The van der Waals surface area contributed by atoms with Crippen LogP contribution in [0.3, 0.4) is 0 Å². The summed E-state index contributed by atoms with van der Waals surface area (Å²) in [6.07, 6.45) is 1.24. The summed E-state index contributed by atoms with van der Waals surface area (Å²) in [5, 5.41) is 17.9. The Morgan fingerprint density at radius 3 is 2.44 bits per heavy atom. The number of benzene rings is 3. The summed E-state index contributed by atoms with van der Waals surface area (Å²) < 4.78 is 19.5. The lowest BCUT2D eigenvalue weighted by molar-refractivity contribution is -0.385. The van der Waals surface area contributed by atoms with E-state index in [4.69, 9.17) is 4.74 Å². The van der Waals surface area contributed by atoms with Crippen molar-refractivity contribution in [2.24, 2.45) is 11.0 Å². The van der Waals surface area contributed by atoms with E-state index in [2.05, 4.69) is 15.8 Å². The fraction of sp³-hybridized carbons (Fsp3) is 0.192. The van der Waals surface area contributed by atoms with E-state index in [1.54, 1.807) is 19.9 Å². The van der Waals surface area contributed by atoms with Gasteiger partial charge in [0.2, 0.25) is 0 Å². The van der Waals surface area contributed by atoms with Crippen LogP contribution in [0.5, 0.6) is 5.75 Å². The molecule has 2 N–H and O–H groups in total. The van der Waals surface area contributed by atoms with Gasteiger partial charge in [0.05, 0.1) is 16.7 Å². The lowest BCUT2D eigenvalue weighted by Crippen LogP contribution is -2.48. The molecule has 0 aliphatic rings. The highest BCUT2D eigenvalue weighted by Crippen LogP contribution is 2.28. The smallest absolute Gasteiger partial charge is 0.311 e. The molecule has 0 fully saturated rings. The van der Waals surface area contributed by atoms with E-state index in [-0.39, 0.29) is 29.5 Å². The van der Waals surface area contributed by atoms with Crippen LogP contribution in [0.4, 0.5) is 10.1 Å². The molecule has 3 aromatic rings. The second-order valence-electron chi connectivity index (χ2n) is 8.17. The number of hydrazone groups is 1. The summed E-state index contributed by atoms with van der Waals surface area (Å²) in [6.45, 7) is 3.60. The first-order valence-corrected chi connectivity index (χ1v) is 11.1. The van der Waals surface area contributed by atoms with Gasteiger partial charge in [-0.3, -0.25) is 19.7 Å². The van der Waals surface area contributed by atoms with Crippen molar-refractivity contribution < 1.29 is 23.6 Å². The third kappa shape index (κ3) is 6.95. The molecule has 0 aromatic heterocycles. The fourth-order valence-corrected chi connectivity index (χ4v) is 3.25. The van der Waals surface area contributed by atoms with Crippen LogP contribution < -0.4 is 15.5 Å². The zero-order valence-corrected chi connectivity index (χ0v) is 19.7. The first kappa shape index (κ1) is 26.0. The fourth-order valence-electron chi connectivity index (χ4n) is 3.25. The molecule has 2 amide bonds. The number of hydrogen-bond acceptors (Lipinski definition) is 6. The van der Waals surface area contributed by atoms with Crippen molar-refractivity contribution >= 4 is 23.7 Å². The van der Waals surface area contributed by atoms with Gasteiger partial charge in [-0.05, 0) is 35.7 Å². The van der Waals surface area contributed by atoms with Crippen LogP contribution in [0.1, 0.15) is 35.3 Å². The number of nitrogens with one attached hydrogen (secondary N) is 2. The van der Waals surface area contributed by atoms with Gasteiger partial charge in [-0.1, -0.05) is 56.3 Å². The van der Waals surface area contributed by atoms with Crippen LogP contribution in [0.15, 0.2) is 77.9 Å². The van der Waals surface area contributed by atoms with Crippen LogP contribution in [0.2, 0.25) is 0 Å². The Morgan fingerprint density at radius 1 is 1.08 bits per heavy atom. The number of nitrogens with zero attached hydrogens (tertiary/aromatic N) is 2. The largest absolute Gasteiger partial charge is 0.482 e. The third-order valence-electron chi connectivity index (χ3n) is 5.16. The number of nitro benzene ring substituents is 1. The van der Waals surface area contributed by atoms with Gasteiger partial charge in [0.25, 0.3) is 11.8 Å². The number of nitro groups is 1. The highest BCUT2D eigenvalue weighted by molar-refractivity contribution is 5.98. The van der Waals surface area contributed by atoms with Crippen LogP contribution in [-0.2, 0) is 11.4 Å². The second-order valence-corrected chi connectivity index (χ2v) is 8.17. The topological polar surface area (TPSA) is 123 Å². The van der Waals surface area contributed by atoms with E-state index >= 15 is 0 Å². The van der Waals surface area contributed by atoms with Gasteiger partial charge in [-0.15, -0.1) is 0 Å². The molecule has 0 spiro atoms. The second kappa shape index (κ2) is 12.2. The summed E-state index contributed by atoms with van der Waals surface area (Å²) in [6, 6.07) is 18.0. The predicted octanol–water partition coefficient (Wildman–Crippen LogP) is 4.22. The molecule has 1 atom stereocenters. The first-order valence-electron chi connectivity index (χ1n) is 11.1. The Morgan fingerprint density at radius 2 is 1.78 bits per heavy atom. The molecule has 3 aromatic carbocycles. The summed E-state index contributed by atoms with van der Waals surface area (Å²) in [5.74, 6) is -2.27. The molecule has 1 unspecified atom stereocenters. The van der Waals surface area contributed by atoms with Gasteiger partial charge >= 0.3 is 5.69 Å². The van der Waals surface area contributed by atoms with Crippen molar-refractivity contribution in [1.29, 1.82) is 0 Å². The molecule has 0 heterocycles. The Balaban J connectivity index is 1.65. The van der Waals surface area contributed by atoms with E-state index in [1.807, 2.05) is 30.3 Å². The number of amides is 2. The van der Waals surface area contributed by atoms with Crippen molar-refractivity contribution in [3.8, 4) is 5.75 Å². The highest BCUT2D eigenvalue weighted by atomic mass is 19.1. The van der Waals surface area contributed by atoms with Gasteiger partial charge in [-0.25, -0.2) is 9.82 Å². The molecule has 10 heteroatoms. The molecule has 186 valence electrons. The molecule has 0 bridgehead atoms. The maximum Gasteiger partial charge on any atom is 0.311 e.